The maximum Gasteiger partial charge on any atom is 0.281 e. The van der Waals surface area contributed by atoms with Crippen LogP contribution in [-0.4, -0.2) is 26.5 Å². The minimum Gasteiger partial charge on any atom is -0.477 e. The van der Waals surface area contributed by atoms with Gasteiger partial charge >= 0.3 is 0 Å². The lowest BCUT2D eigenvalue weighted by Gasteiger charge is -2.07. The number of fused-ring (bicyclic) bond motifs is 2. The van der Waals surface area contributed by atoms with Crippen molar-refractivity contribution in [3.8, 4) is 5.88 Å². The summed E-state index contributed by atoms with van der Waals surface area (Å²) in [7, 11) is 0. The molecule has 0 amide bonds. The third kappa shape index (κ3) is 3.34. The van der Waals surface area contributed by atoms with Crippen molar-refractivity contribution in [2.24, 2.45) is 0 Å². The zero-order valence-corrected chi connectivity index (χ0v) is 15.9. The minimum atomic E-state index is -0.369. The maximum absolute atomic E-state index is 12.6. The van der Waals surface area contributed by atoms with Gasteiger partial charge in [-0.15, -0.1) is 0 Å². The Bertz CT molecular complexity index is 1260. The van der Waals surface area contributed by atoms with Crippen molar-refractivity contribution >= 4 is 33.3 Å². The average molecular weight is 373 g/mol. The molecule has 140 valence electrons. The number of hydrogen-bond acceptors (Lipinski definition) is 7. The molecule has 1 N–H and O–H groups in total. The summed E-state index contributed by atoms with van der Waals surface area (Å²) in [6.07, 6.45) is 0. The highest BCUT2D eigenvalue weighted by molar-refractivity contribution is 5.87. The number of rotatable bonds is 4. The van der Waals surface area contributed by atoms with Gasteiger partial charge in [-0.3, -0.25) is 4.79 Å². The van der Waals surface area contributed by atoms with Gasteiger partial charge in [0, 0.05) is 22.2 Å². The molecule has 0 radical (unpaired) electrons. The first-order valence-electron chi connectivity index (χ1n) is 9.01. The first kappa shape index (κ1) is 17.8. The van der Waals surface area contributed by atoms with Gasteiger partial charge in [0.2, 0.25) is 11.8 Å². The molecule has 0 spiro atoms. The van der Waals surface area contributed by atoms with Crippen LogP contribution in [0.2, 0.25) is 0 Å². The van der Waals surface area contributed by atoms with Gasteiger partial charge < -0.3 is 10.1 Å². The molecule has 2 heterocycles. The fourth-order valence-corrected chi connectivity index (χ4v) is 3.14. The van der Waals surface area contributed by atoms with E-state index in [0.29, 0.717) is 29.1 Å². The zero-order chi connectivity index (χ0) is 19.7. The van der Waals surface area contributed by atoms with Crippen molar-refractivity contribution in [2.45, 2.75) is 20.8 Å². The van der Waals surface area contributed by atoms with Crippen LogP contribution >= 0.6 is 0 Å². The summed E-state index contributed by atoms with van der Waals surface area (Å²) < 4.78 is 5.66. The number of anilines is 2. The predicted molar refractivity (Wildman–Crippen MR) is 109 cm³/mol. The normalized spacial score (nSPS) is 11.0. The topological polar surface area (TPSA) is 89.9 Å². The number of nitrogens with one attached hydrogen (secondary N) is 1. The van der Waals surface area contributed by atoms with E-state index in [4.69, 9.17) is 4.74 Å². The van der Waals surface area contributed by atoms with Crippen LogP contribution in [0.3, 0.4) is 0 Å². The van der Waals surface area contributed by atoms with E-state index < -0.39 is 0 Å². The van der Waals surface area contributed by atoms with Gasteiger partial charge in [0.15, 0.2) is 0 Å². The molecule has 0 atom stereocenters. The lowest BCUT2D eigenvalue weighted by molar-refractivity contribution is 0.332. The summed E-state index contributed by atoms with van der Waals surface area (Å²) >= 11 is 0. The molecular weight excluding hydrogens is 354 g/mol. The van der Waals surface area contributed by atoms with Crippen molar-refractivity contribution in [3.05, 3.63) is 64.3 Å². The molecule has 4 aromatic rings. The second kappa shape index (κ2) is 7.19. The Labute approximate surface area is 161 Å². The van der Waals surface area contributed by atoms with Crippen LogP contribution in [-0.2, 0) is 0 Å². The van der Waals surface area contributed by atoms with E-state index in [1.165, 1.54) is 0 Å². The van der Waals surface area contributed by atoms with E-state index in [9.17, 15) is 4.79 Å². The molecule has 28 heavy (non-hydrogen) atoms. The van der Waals surface area contributed by atoms with Crippen LogP contribution in [0.5, 0.6) is 5.88 Å². The third-order valence-electron chi connectivity index (χ3n) is 4.34. The SMILES string of the molecule is CCOc1nc(Nc2ccc3c(C)nc(C)nc3c2)nc(=O)c2ccccc12. The Hall–Kier alpha value is -3.61. The van der Waals surface area contributed by atoms with E-state index in [-0.39, 0.29) is 11.5 Å². The highest BCUT2D eigenvalue weighted by Crippen LogP contribution is 2.24. The van der Waals surface area contributed by atoms with E-state index in [1.807, 2.05) is 45.0 Å². The standard InChI is InChI=1S/C21H19N5O2/c1-4-28-20-17-8-6-5-7-16(17)19(27)25-21(26-20)24-14-9-10-15-12(2)22-13(3)23-18(15)11-14/h5-11H,4H2,1-3H3,(H,24,25,27). The van der Waals surface area contributed by atoms with Crippen LogP contribution < -0.4 is 15.6 Å². The molecule has 2 aromatic carbocycles. The molecule has 0 fully saturated rings. The molecule has 0 saturated carbocycles. The molecule has 0 aliphatic heterocycles. The van der Waals surface area contributed by atoms with Crippen LogP contribution in [0.25, 0.3) is 21.7 Å². The molecule has 0 aliphatic carbocycles. The lowest BCUT2D eigenvalue weighted by Crippen LogP contribution is -2.05. The van der Waals surface area contributed by atoms with Crippen molar-refractivity contribution in [2.75, 3.05) is 11.9 Å². The Morgan fingerprint density at radius 3 is 2.50 bits per heavy atom. The smallest absolute Gasteiger partial charge is 0.281 e. The number of aromatic nitrogens is 4. The van der Waals surface area contributed by atoms with Crippen molar-refractivity contribution in [1.29, 1.82) is 0 Å². The highest BCUT2D eigenvalue weighted by Gasteiger charge is 2.10. The summed E-state index contributed by atoms with van der Waals surface area (Å²) in [5.74, 6) is 1.24. The second-order valence-electron chi connectivity index (χ2n) is 6.35. The average Bonchev–Trinajstić information content (AvgIpc) is 2.79. The van der Waals surface area contributed by atoms with Gasteiger partial charge in [0.05, 0.1) is 17.5 Å². The van der Waals surface area contributed by atoms with Crippen LogP contribution in [0.4, 0.5) is 11.6 Å². The number of hydrogen-bond donors (Lipinski definition) is 1. The second-order valence-corrected chi connectivity index (χ2v) is 6.35. The van der Waals surface area contributed by atoms with E-state index in [2.05, 4.69) is 25.3 Å². The quantitative estimate of drug-likeness (QED) is 0.583. The first-order valence-corrected chi connectivity index (χ1v) is 9.01. The summed E-state index contributed by atoms with van der Waals surface area (Å²) in [5.41, 5.74) is 2.09. The Kier molecular flexibility index (Phi) is 4.57. The lowest BCUT2D eigenvalue weighted by atomic mass is 10.2. The van der Waals surface area contributed by atoms with Gasteiger partial charge in [0.25, 0.3) is 5.56 Å². The van der Waals surface area contributed by atoms with Crippen molar-refractivity contribution in [1.82, 2.24) is 19.9 Å². The van der Waals surface area contributed by atoms with E-state index in [0.717, 1.165) is 22.3 Å². The largest absolute Gasteiger partial charge is 0.477 e. The molecule has 7 heteroatoms. The van der Waals surface area contributed by atoms with Crippen molar-refractivity contribution in [3.63, 3.8) is 0 Å². The van der Waals surface area contributed by atoms with Gasteiger partial charge in [0.1, 0.15) is 5.82 Å². The van der Waals surface area contributed by atoms with Gasteiger partial charge in [-0.25, -0.2) is 9.97 Å². The molecule has 0 saturated heterocycles. The van der Waals surface area contributed by atoms with E-state index in [1.54, 1.807) is 18.2 Å². The molecule has 2 aromatic heterocycles. The number of nitrogens with zero attached hydrogens (tertiary/aromatic N) is 4. The zero-order valence-electron chi connectivity index (χ0n) is 15.9. The molecule has 7 nitrogen and oxygen atoms in total. The minimum absolute atomic E-state index is 0.173. The van der Waals surface area contributed by atoms with Gasteiger partial charge in [-0.1, -0.05) is 12.1 Å². The Morgan fingerprint density at radius 1 is 0.929 bits per heavy atom. The highest BCUT2D eigenvalue weighted by atomic mass is 16.5. The van der Waals surface area contributed by atoms with Crippen LogP contribution in [0, 0.1) is 13.8 Å². The monoisotopic (exact) mass is 373 g/mol. The van der Waals surface area contributed by atoms with Crippen LogP contribution in [0.15, 0.2) is 47.3 Å². The third-order valence-corrected chi connectivity index (χ3v) is 4.34. The summed E-state index contributed by atoms with van der Waals surface area (Å²) in [5, 5.41) is 5.17. The predicted octanol–water partition coefficient (Wildman–Crippen LogP) is 3.69. The van der Waals surface area contributed by atoms with E-state index >= 15 is 0 Å². The fraction of sp³-hybridized carbons (Fsp3) is 0.190. The van der Waals surface area contributed by atoms with Gasteiger partial charge in [-0.05, 0) is 51.1 Å². The molecular formula is C21H19N5O2. The number of benzene rings is 2. The summed E-state index contributed by atoms with van der Waals surface area (Å²) in [6.45, 7) is 6.11. The Balaban J connectivity index is 1.84. The maximum atomic E-state index is 12.6. The number of aryl methyl sites for hydroxylation is 2. The van der Waals surface area contributed by atoms with Gasteiger partial charge in [-0.2, -0.15) is 9.97 Å². The fourth-order valence-electron chi connectivity index (χ4n) is 3.14. The molecule has 0 unspecified atom stereocenters. The summed E-state index contributed by atoms with van der Waals surface area (Å²) in [6, 6.07) is 12.9. The molecule has 0 aliphatic rings. The van der Waals surface area contributed by atoms with Crippen LogP contribution in [0.1, 0.15) is 18.4 Å². The number of ether oxygens (including phenoxy) is 1. The molecule has 0 bridgehead atoms. The first-order chi connectivity index (χ1) is 13.5. The Morgan fingerprint density at radius 2 is 1.71 bits per heavy atom. The molecule has 4 rings (SSSR count). The van der Waals surface area contributed by atoms with Crippen molar-refractivity contribution < 1.29 is 4.74 Å². The summed E-state index contributed by atoms with van der Waals surface area (Å²) in [4.78, 5) is 30.0.